The first-order valence-electron chi connectivity index (χ1n) is 3.54. The van der Waals surface area contributed by atoms with Crippen LogP contribution >= 0.6 is 27.3 Å². The molecule has 0 amide bonds. The fourth-order valence-corrected chi connectivity index (χ4v) is 2.54. The summed E-state index contributed by atoms with van der Waals surface area (Å²) in [5, 5.41) is 1.95. The van der Waals surface area contributed by atoms with Gasteiger partial charge in [0.2, 0.25) is 0 Å². The van der Waals surface area contributed by atoms with Gasteiger partial charge >= 0.3 is 0 Å². The summed E-state index contributed by atoms with van der Waals surface area (Å²) in [6.45, 7) is 0. The van der Waals surface area contributed by atoms with Crippen molar-refractivity contribution in [3.8, 4) is 0 Å². The molecular weight excluding hydrogens is 255 g/mol. The van der Waals surface area contributed by atoms with Crippen LogP contribution in [0, 0.1) is 5.82 Å². The zero-order chi connectivity index (χ0) is 9.42. The van der Waals surface area contributed by atoms with E-state index in [1.54, 1.807) is 12.1 Å². The minimum atomic E-state index is -0.268. The molecule has 66 valence electrons. The lowest BCUT2D eigenvalue weighted by atomic mass is 10.2. The molecule has 1 heterocycles. The highest BCUT2D eigenvalue weighted by atomic mass is 79.9. The average Bonchev–Trinajstić information content (AvgIpc) is 2.46. The Morgan fingerprint density at radius 3 is 2.92 bits per heavy atom. The van der Waals surface area contributed by atoms with Crippen molar-refractivity contribution in [3.63, 3.8) is 0 Å². The maximum absolute atomic E-state index is 13.1. The van der Waals surface area contributed by atoms with E-state index in [2.05, 4.69) is 15.9 Å². The standard InChI is InChI=1S/C9H4BrFOS/c10-7-2-9-6(1-5(7)3-12)8(11)4-13-9/h1-4H. The van der Waals surface area contributed by atoms with Crippen LogP contribution in [0.25, 0.3) is 10.1 Å². The van der Waals surface area contributed by atoms with Crippen LogP contribution in [-0.2, 0) is 0 Å². The van der Waals surface area contributed by atoms with Gasteiger partial charge in [-0.3, -0.25) is 4.79 Å². The molecule has 0 fully saturated rings. The van der Waals surface area contributed by atoms with Crippen molar-refractivity contribution in [3.05, 3.63) is 33.4 Å². The van der Waals surface area contributed by atoms with Crippen molar-refractivity contribution in [2.75, 3.05) is 0 Å². The van der Waals surface area contributed by atoms with E-state index in [-0.39, 0.29) is 5.82 Å². The van der Waals surface area contributed by atoms with Gasteiger partial charge in [-0.15, -0.1) is 11.3 Å². The summed E-state index contributed by atoms with van der Waals surface area (Å²) in [7, 11) is 0. The molecule has 2 rings (SSSR count). The number of halogens is 2. The first-order valence-corrected chi connectivity index (χ1v) is 5.21. The van der Waals surface area contributed by atoms with E-state index in [1.807, 2.05) is 0 Å². The molecule has 0 saturated carbocycles. The average molecular weight is 259 g/mol. The third-order valence-electron chi connectivity index (χ3n) is 1.77. The summed E-state index contributed by atoms with van der Waals surface area (Å²) < 4.78 is 14.6. The topological polar surface area (TPSA) is 17.1 Å². The van der Waals surface area contributed by atoms with Gasteiger partial charge in [-0.25, -0.2) is 4.39 Å². The number of aldehydes is 1. The second kappa shape index (κ2) is 3.20. The molecule has 0 bridgehead atoms. The Bertz CT molecular complexity index is 478. The summed E-state index contributed by atoms with van der Waals surface area (Å²) >= 11 is 4.57. The van der Waals surface area contributed by atoms with E-state index >= 15 is 0 Å². The Balaban J connectivity index is 2.84. The Kier molecular flexibility index (Phi) is 2.17. The summed E-state index contributed by atoms with van der Waals surface area (Å²) in [6.07, 6.45) is 0.709. The number of carbonyl (C=O) groups excluding carboxylic acids is 1. The van der Waals surface area contributed by atoms with Gasteiger partial charge in [0, 0.05) is 25.5 Å². The number of hydrogen-bond acceptors (Lipinski definition) is 2. The molecule has 0 saturated heterocycles. The zero-order valence-corrected chi connectivity index (χ0v) is 8.78. The van der Waals surface area contributed by atoms with Crippen LogP contribution in [0.2, 0.25) is 0 Å². The molecule has 4 heteroatoms. The summed E-state index contributed by atoms with van der Waals surface area (Å²) in [5.41, 5.74) is 0.477. The first kappa shape index (κ1) is 8.84. The smallest absolute Gasteiger partial charge is 0.151 e. The lowest BCUT2D eigenvalue weighted by Crippen LogP contribution is -1.81. The molecule has 13 heavy (non-hydrogen) atoms. The quantitative estimate of drug-likeness (QED) is 0.715. The second-order valence-electron chi connectivity index (χ2n) is 2.57. The van der Waals surface area contributed by atoms with Gasteiger partial charge < -0.3 is 0 Å². The van der Waals surface area contributed by atoms with Gasteiger partial charge in [0.05, 0.1) is 0 Å². The molecule has 0 aliphatic carbocycles. The fraction of sp³-hybridized carbons (Fsp3) is 0. The molecule has 1 aromatic carbocycles. The third-order valence-corrected chi connectivity index (χ3v) is 3.38. The highest BCUT2D eigenvalue weighted by molar-refractivity contribution is 9.10. The van der Waals surface area contributed by atoms with Crippen molar-refractivity contribution in [2.24, 2.45) is 0 Å². The second-order valence-corrected chi connectivity index (χ2v) is 4.34. The van der Waals surface area contributed by atoms with Gasteiger partial charge in [-0.1, -0.05) is 15.9 Å². The van der Waals surface area contributed by atoms with E-state index in [1.165, 1.54) is 16.7 Å². The van der Waals surface area contributed by atoms with Gasteiger partial charge in [0.15, 0.2) is 6.29 Å². The number of fused-ring (bicyclic) bond motifs is 1. The maximum atomic E-state index is 13.1. The van der Waals surface area contributed by atoms with Gasteiger partial charge in [-0.2, -0.15) is 0 Å². The van der Waals surface area contributed by atoms with Gasteiger partial charge in [0.25, 0.3) is 0 Å². The van der Waals surface area contributed by atoms with Crippen molar-refractivity contribution in [1.82, 2.24) is 0 Å². The van der Waals surface area contributed by atoms with Gasteiger partial charge in [0.1, 0.15) is 5.82 Å². The van der Waals surface area contributed by atoms with Crippen LogP contribution in [0.5, 0.6) is 0 Å². The van der Waals surface area contributed by atoms with Gasteiger partial charge in [-0.05, 0) is 12.1 Å². The first-order chi connectivity index (χ1) is 6.22. The van der Waals surface area contributed by atoms with Crippen LogP contribution in [0.3, 0.4) is 0 Å². The predicted molar refractivity (Wildman–Crippen MR) is 54.9 cm³/mol. The van der Waals surface area contributed by atoms with E-state index in [4.69, 9.17) is 0 Å². The monoisotopic (exact) mass is 258 g/mol. The number of benzene rings is 1. The van der Waals surface area contributed by atoms with Crippen LogP contribution in [-0.4, -0.2) is 6.29 Å². The Morgan fingerprint density at radius 2 is 2.23 bits per heavy atom. The minimum Gasteiger partial charge on any atom is -0.298 e. The number of rotatable bonds is 1. The van der Waals surface area contributed by atoms with Crippen molar-refractivity contribution in [1.29, 1.82) is 0 Å². The van der Waals surface area contributed by atoms with E-state index in [0.717, 1.165) is 4.70 Å². The minimum absolute atomic E-state index is 0.268. The van der Waals surface area contributed by atoms with Crippen molar-refractivity contribution >= 4 is 43.6 Å². The molecule has 1 aromatic heterocycles. The fourth-order valence-electron chi connectivity index (χ4n) is 1.12. The van der Waals surface area contributed by atoms with Crippen LogP contribution < -0.4 is 0 Å². The predicted octanol–water partition coefficient (Wildman–Crippen LogP) is 3.62. The molecule has 1 nitrogen and oxygen atoms in total. The van der Waals surface area contributed by atoms with Crippen LogP contribution in [0.1, 0.15) is 10.4 Å². The maximum Gasteiger partial charge on any atom is 0.151 e. The lowest BCUT2D eigenvalue weighted by molar-refractivity contribution is 0.112. The summed E-state index contributed by atoms with van der Waals surface area (Å²) in [6, 6.07) is 3.31. The molecule has 0 atom stereocenters. The number of hydrogen-bond donors (Lipinski definition) is 0. The van der Waals surface area contributed by atoms with Crippen molar-refractivity contribution < 1.29 is 9.18 Å². The Morgan fingerprint density at radius 1 is 1.46 bits per heavy atom. The van der Waals surface area contributed by atoms with E-state index in [0.29, 0.717) is 21.7 Å². The van der Waals surface area contributed by atoms with Crippen LogP contribution in [0.4, 0.5) is 4.39 Å². The highest BCUT2D eigenvalue weighted by Crippen LogP contribution is 2.29. The molecule has 0 aliphatic heterocycles. The summed E-state index contributed by atoms with van der Waals surface area (Å²) in [4.78, 5) is 10.6. The summed E-state index contributed by atoms with van der Waals surface area (Å²) in [5.74, 6) is -0.268. The SMILES string of the molecule is O=Cc1cc2c(F)csc2cc1Br. The molecule has 0 N–H and O–H groups in total. The molecular formula is C9H4BrFOS. The molecule has 0 aliphatic rings. The number of thiophene rings is 1. The highest BCUT2D eigenvalue weighted by Gasteiger charge is 2.07. The largest absolute Gasteiger partial charge is 0.298 e. The molecule has 0 spiro atoms. The third kappa shape index (κ3) is 1.40. The Labute approximate surface area is 86.3 Å². The van der Waals surface area contributed by atoms with E-state index in [9.17, 15) is 9.18 Å². The molecule has 0 unspecified atom stereocenters. The molecule has 2 aromatic rings. The molecule has 0 radical (unpaired) electrons. The zero-order valence-electron chi connectivity index (χ0n) is 6.38. The Hall–Kier alpha value is -0.740. The van der Waals surface area contributed by atoms with E-state index < -0.39 is 0 Å². The lowest BCUT2D eigenvalue weighted by Gasteiger charge is -1.96. The number of carbonyl (C=O) groups is 1. The van der Waals surface area contributed by atoms with Crippen LogP contribution in [0.15, 0.2) is 22.0 Å². The van der Waals surface area contributed by atoms with Crippen molar-refractivity contribution in [2.45, 2.75) is 0 Å². The normalized spacial score (nSPS) is 10.6.